The summed E-state index contributed by atoms with van der Waals surface area (Å²) in [7, 11) is 0. The minimum atomic E-state index is -5.57. The minimum absolute atomic E-state index is 0.0166. The molecule has 1 rings (SSSR count). The molecule has 0 heterocycles. The molecule has 1 N–H and O–H groups in total. The van der Waals surface area contributed by atoms with Crippen LogP contribution in [0.25, 0.3) is 0 Å². The number of carbonyl (C=O) groups excluding carboxylic acids is 2. The highest BCUT2D eigenvalue weighted by Crippen LogP contribution is 2.30. The number of carbonyl (C=O) groups is 2. The number of nitrogens with zero attached hydrogens (tertiary/aromatic N) is 1. The van der Waals surface area contributed by atoms with E-state index in [4.69, 9.17) is 0 Å². The Morgan fingerprint density at radius 3 is 1.88 bits per heavy atom. The minimum Gasteiger partial charge on any atom is -0.349 e. The van der Waals surface area contributed by atoms with E-state index in [2.05, 4.69) is 0 Å². The number of hydrogen-bond acceptors (Lipinski definition) is 2. The molecule has 2 amide bonds. The third-order valence-electron chi connectivity index (χ3n) is 3.07. The first kappa shape index (κ1) is 21.8. The van der Waals surface area contributed by atoms with Crippen molar-refractivity contribution in [1.29, 1.82) is 0 Å². The van der Waals surface area contributed by atoms with Gasteiger partial charge in [0.05, 0.1) is 0 Å². The number of halogens is 6. The van der Waals surface area contributed by atoms with Crippen molar-refractivity contribution < 1.29 is 35.9 Å². The van der Waals surface area contributed by atoms with E-state index < -0.39 is 47.2 Å². The molecule has 1 aromatic rings. The summed E-state index contributed by atoms with van der Waals surface area (Å²) in [4.78, 5) is 23.2. The summed E-state index contributed by atoms with van der Waals surface area (Å²) in [5, 5.41) is 1.98. The molecule has 4 nitrogen and oxygen atoms in total. The number of nitrogens with one attached hydrogen (secondary N) is 1. The first-order valence-electron chi connectivity index (χ1n) is 7.43. The van der Waals surface area contributed by atoms with Crippen LogP contribution in [0.2, 0.25) is 0 Å². The molecule has 0 spiro atoms. The van der Waals surface area contributed by atoms with Gasteiger partial charge in [-0.15, -0.1) is 0 Å². The molecule has 0 fully saturated rings. The van der Waals surface area contributed by atoms with Crippen LogP contribution < -0.4 is 5.32 Å². The average molecular weight is 384 g/mol. The summed E-state index contributed by atoms with van der Waals surface area (Å²) in [6.07, 6.45) is -11.0. The van der Waals surface area contributed by atoms with Crippen LogP contribution in [0.4, 0.5) is 26.3 Å². The number of rotatable bonds is 4. The van der Waals surface area contributed by atoms with E-state index in [-0.39, 0.29) is 5.56 Å². The first-order valence-corrected chi connectivity index (χ1v) is 7.43. The van der Waals surface area contributed by atoms with Crippen LogP contribution in [0.5, 0.6) is 0 Å². The summed E-state index contributed by atoms with van der Waals surface area (Å²) in [5.41, 5.74) is -1.12. The van der Waals surface area contributed by atoms with Crippen LogP contribution in [0, 0.1) is 0 Å². The molecule has 10 heteroatoms. The largest absolute Gasteiger partial charge is 0.471 e. The van der Waals surface area contributed by atoms with E-state index in [0.717, 1.165) is 0 Å². The van der Waals surface area contributed by atoms with Crippen LogP contribution in [0.15, 0.2) is 30.3 Å². The topological polar surface area (TPSA) is 49.4 Å². The van der Waals surface area contributed by atoms with E-state index in [1.165, 1.54) is 51.1 Å². The van der Waals surface area contributed by atoms with Crippen molar-refractivity contribution in [3.8, 4) is 0 Å². The standard InChI is InChI=1S/C16H18F6N2O2/c1-14(2,3)23-12(25)11(15(17,18)19)24(13(26)16(20,21)22)9-10-7-5-4-6-8-10/h4-8,11H,9H2,1-3H3,(H,23,25). The van der Waals surface area contributed by atoms with Gasteiger partial charge < -0.3 is 10.2 Å². The van der Waals surface area contributed by atoms with Gasteiger partial charge >= 0.3 is 18.3 Å². The molecular formula is C16H18F6N2O2. The maximum Gasteiger partial charge on any atom is 0.471 e. The molecule has 146 valence electrons. The molecule has 0 bridgehead atoms. The van der Waals surface area contributed by atoms with Crippen LogP contribution in [-0.4, -0.2) is 40.6 Å². The lowest BCUT2D eigenvalue weighted by Gasteiger charge is -2.34. The maximum absolute atomic E-state index is 13.4. The maximum atomic E-state index is 13.4. The number of amides is 2. The predicted octanol–water partition coefficient (Wildman–Crippen LogP) is 3.42. The van der Waals surface area contributed by atoms with E-state index in [1.54, 1.807) is 0 Å². The Kier molecular flexibility index (Phi) is 6.32. The molecule has 0 saturated heterocycles. The van der Waals surface area contributed by atoms with Crippen molar-refractivity contribution in [2.45, 2.75) is 51.2 Å². The third-order valence-corrected chi connectivity index (χ3v) is 3.07. The van der Waals surface area contributed by atoms with Crippen molar-refractivity contribution in [2.75, 3.05) is 0 Å². The second-order valence-electron chi connectivity index (χ2n) is 6.60. The van der Waals surface area contributed by atoms with Crippen molar-refractivity contribution in [3.63, 3.8) is 0 Å². The van der Waals surface area contributed by atoms with E-state index >= 15 is 0 Å². The van der Waals surface area contributed by atoms with Gasteiger partial charge in [0.15, 0.2) is 0 Å². The van der Waals surface area contributed by atoms with Gasteiger partial charge in [0.1, 0.15) is 0 Å². The fourth-order valence-electron chi connectivity index (χ4n) is 2.13. The predicted molar refractivity (Wildman–Crippen MR) is 80.8 cm³/mol. The zero-order valence-electron chi connectivity index (χ0n) is 14.2. The molecule has 1 unspecified atom stereocenters. The van der Waals surface area contributed by atoms with E-state index in [9.17, 15) is 35.9 Å². The Bertz CT molecular complexity index is 635. The monoisotopic (exact) mass is 384 g/mol. The zero-order chi connectivity index (χ0) is 20.3. The highest BCUT2D eigenvalue weighted by Gasteiger charge is 2.55. The molecule has 1 atom stereocenters. The van der Waals surface area contributed by atoms with Gasteiger partial charge in [-0.25, -0.2) is 0 Å². The number of hydrogen-bond donors (Lipinski definition) is 1. The van der Waals surface area contributed by atoms with Gasteiger partial charge in [-0.05, 0) is 26.3 Å². The molecule has 1 aromatic carbocycles. The molecule has 0 aromatic heterocycles. The Hall–Kier alpha value is -2.26. The Morgan fingerprint density at radius 1 is 1.00 bits per heavy atom. The fraction of sp³-hybridized carbons (Fsp3) is 0.500. The molecule has 0 aliphatic carbocycles. The molecule has 26 heavy (non-hydrogen) atoms. The normalized spacial score (nSPS) is 13.9. The Balaban J connectivity index is 3.37. The van der Waals surface area contributed by atoms with Crippen molar-refractivity contribution in [3.05, 3.63) is 35.9 Å². The molecule has 0 saturated carbocycles. The second kappa shape index (κ2) is 7.55. The van der Waals surface area contributed by atoms with Crippen molar-refractivity contribution in [1.82, 2.24) is 10.2 Å². The third kappa shape index (κ3) is 6.23. The number of alkyl halides is 6. The van der Waals surface area contributed by atoms with E-state index in [1.807, 2.05) is 5.32 Å². The average Bonchev–Trinajstić information content (AvgIpc) is 2.42. The van der Waals surface area contributed by atoms with Crippen LogP contribution in [0.1, 0.15) is 26.3 Å². The Labute approximate surface area is 146 Å². The summed E-state index contributed by atoms with van der Waals surface area (Å²) in [6.45, 7) is 3.07. The summed E-state index contributed by atoms with van der Waals surface area (Å²) in [5.74, 6) is -4.48. The highest BCUT2D eigenvalue weighted by atomic mass is 19.4. The summed E-state index contributed by atoms with van der Waals surface area (Å²) < 4.78 is 78.9. The molecule has 0 radical (unpaired) electrons. The highest BCUT2D eigenvalue weighted by molar-refractivity contribution is 5.90. The first-order chi connectivity index (χ1) is 11.6. The number of benzene rings is 1. The summed E-state index contributed by atoms with van der Waals surface area (Å²) in [6, 6.07) is 3.52. The lowest BCUT2D eigenvalue weighted by Crippen LogP contribution is -2.61. The fourth-order valence-corrected chi connectivity index (χ4v) is 2.13. The van der Waals surface area contributed by atoms with Crippen LogP contribution >= 0.6 is 0 Å². The van der Waals surface area contributed by atoms with Crippen LogP contribution in [0.3, 0.4) is 0 Å². The van der Waals surface area contributed by atoms with Crippen LogP contribution in [-0.2, 0) is 16.1 Å². The molecule has 0 aliphatic heterocycles. The van der Waals surface area contributed by atoms with Gasteiger partial charge in [0.25, 0.3) is 5.91 Å². The lowest BCUT2D eigenvalue weighted by atomic mass is 10.1. The smallest absolute Gasteiger partial charge is 0.349 e. The molecule has 0 aliphatic rings. The molecular weight excluding hydrogens is 366 g/mol. The van der Waals surface area contributed by atoms with Gasteiger partial charge in [0.2, 0.25) is 6.04 Å². The van der Waals surface area contributed by atoms with Crippen molar-refractivity contribution in [2.24, 2.45) is 0 Å². The van der Waals surface area contributed by atoms with Crippen molar-refractivity contribution >= 4 is 11.8 Å². The SMILES string of the molecule is CC(C)(C)NC(=O)C(N(Cc1ccccc1)C(=O)C(F)(F)F)C(F)(F)F. The quantitative estimate of drug-likeness (QED) is 0.809. The second-order valence-corrected chi connectivity index (χ2v) is 6.60. The van der Waals surface area contributed by atoms with Gasteiger partial charge in [-0.1, -0.05) is 30.3 Å². The van der Waals surface area contributed by atoms with E-state index in [0.29, 0.717) is 0 Å². The van der Waals surface area contributed by atoms with Gasteiger partial charge in [0, 0.05) is 12.1 Å². The van der Waals surface area contributed by atoms with Gasteiger partial charge in [-0.2, -0.15) is 26.3 Å². The summed E-state index contributed by atoms with van der Waals surface area (Å²) >= 11 is 0. The zero-order valence-corrected chi connectivity index (χ0v) is 14.2. The Morgan fingerprint density at radius 2 is 1.50 bits per heavy atom. The lowest BCUT2D eigenvalue weighted by molar-refractivity contribution is -0.215. The van der Waals surface area contributed by atoms with Gasteiger partial charge in [-0.3, -0.25) is 9.59 Å².